The van der Waals surface area contributed by atoms with Crippen LogP contribution >= 0.6 is 0 Å². The Labute approximate surface area is 79.3 Å². The zero-order valence-corrected chi connectivity index (χ0v) is 9.77. The summed E-state index contributed by atoms with van der Waals surface area (Å²) in [5.74, 6) is 0. The van der Waals surface area contributed by atoms with E-state index in [1.165, 1.54) is 0 Å². The van der Waals surface area contributed by atoms with E-state index in [1.807, 2.05) is 0 Å². The molecule has 0 N–H and O–H groups in total. The quantitative estimate of drug-likeness (QED) is 0.430. The molecule has 2 radical (unpaired) electrons. The van der Waals surface area contributed by atoms with Crippen LogP contribution in [0.1, 0.15) is 0 Å². The topological polar surface area (TPSA) is 80.3 Å². The number of hydrogen-bond donors (Lipinski definition) is 0. The number of hydrogen-bond acceptors (Lipinski definition) is 4. The van der Waals surface area contributed by atoms with E-state index < -0.39 is 31.4 Å². The third-order valence-electron chi connectivity index (χ3n) is 0. The molecule has 0 saturated heterocycles. The Balaban J connectivity index is -0.00000000889. The molecule has 0 atom stereocenters. The molecule has 9 heteroatoms. The fourth-order valence-electron chi connectivity index (χ4n) is 0. The van der Waals surface area contributed by atoms with Crippen LogP contribution in [0.25, 0.3) is 0 Å². The van der Waals surface area contributed by atoms with Crippen LogP contribution in [0.3, 0.4) is 0 Å². The van der Waals surface area contributed by atoms with E-state index in [4.69, 9.17) is 15.8 Å². The van der Waals surface area contributed by atoms with E-state index in [2.05, 4.69) is 0 Å². The maximum absolute atomic E-state index is 8.50. The molecule has 0 aliphatic rings. The molecule has 0 aliphatic carbocycles. The average molecular weight is 274 g/mol. The Kier molecular flexibility index (Phi) is 239. The van der Waals surface area contributed by atoms with Crippen LogP contribution in [0.15, 0.2) is 0 Å². The van der Waals surface area contributed by atoms with Gasteiger partial charge in [0.1, 0.15) is 0 Å². The maximum atomic E-state index is 8.50. The van der Waals surface area contributed by atoms with Gasteiger partial charge in [-0.25, -0.2) is 0 Å². The molecule has 0 aromatic rings. The van der Waals surface area contributed by atoms with Crippen LogP contribution < -0.4 is 8.27 Å². The molecule has 0 rings (SSSR count). The zero-order chi connectivity index (χ0) is 5.41. The van der Waals surface area contributed by atoms with E-state index in [-0.39, 0.29) is 32.5 Å². The summed E-state index contributed by atoms with van der Waals surface area (Å²) in [6, 6.07) is 0. The molecule has 0 aliphatic heterocycles. The van der Waals surface area contributed by atoms with Gasteiger partial charge in [-0.1, -0.05) is 0 Å². The summed E-state index contributed by atoms with van der Waals surface area (Å²) in [4.78, 5) is 0. The van der Waals surface area contributed by atoms with Crippen molar-refractivity contribution in [3.8, 4) is 0 Å². The summed E-state index contributed by atoms with van der Waals surface area (Å²) in [7, 11) is 0. The average Bonchev–Trinajstić information content (AvgIpc) is 1.39. The van der Waals surface area contributed by atoms with Crippen molar-refractivity contribution in [3.05, 3.63) is 0 Å². The van der Waals surface area contributed by atoms with Crippen molar-refractivity contribution < 1.29 is 25.2 Å². The van der Waals surface area contributed by atoms with E-state index in [1.54, 1.807) is 0 Å². The van der Waals surface area contributed by atoms with Crippen LogP contribution in [-0.2, 0) is 7.56 Å². The van der Waals surface area contributed by atoms with E-state index in [9.17, 15) is 0 Å². The summed E-state index contributed by atoms with van der Waals surface area (Å²) in [5.41, 5.74) is 0. The van der Waals surface area contributed by atoms with Gasteiger partial charge in [0, 0.05) is 0 Å². The molecule has 0 bridgehead atoms. The van der Waals surface area contributed by atoms with Crippen molar-refractivity contribution in [2.75, 3.05) is 0 Å². The molecule has 0 heterocycles. The van der Waals surface area contributed by atoms with Gasteiger partial charge >= 0.3 is 70.3 Å². The number of halogens is 2. The van der Waals surface area contributed by atoms with Gasteiger partial charge in [-0.2, -0.15) is 0 Å². The molecule has 9 heavy (non-hydrogen) atoms. The van der Waals surface area contributed by atoms with Gasteiger partial charge in [-0.05, 0) is 0 Å². The second kappa shape index (κ2) is 65.8. The first-order chi connectivity index (χ1) is 2.83. The first kappa shape index (κ1) is 32.6. The van der Waals surface area contributed by atoms with Crippen LogP contribution in [-0.4, -0.2) is 54.5 Å². The van der Waals surface area contributed by atoms with Crippen LogP contribution in [0, 0.1) is 0 Å². The van der Waals surface area contributed by atoms with Gasteiger partial charge in [0.15, 0.2) is 0 Å². The summed E-state index contributed by atoms with van der Waals surface area (Å²) < 4.78 is 34.0. The van der Waals surface area contributed by atoms with Crippen LogP contribution in [0.2, 0.25) is 0 Å². The minimum absolute atomic E-state index is 0. The van der Waals surface area contributed by atoms with Gasteiger partial charge in [0.05, 0.1) is 0 Å². The summed E-state index contributed by atoms with van der Waals surface area (Å²) in [6.07, 6.45) is 0. The van der Waals surface area contributed by atoms with E-state index >= 15 is 0 Å². The molecule has 4 nitrogen and oxygen atoms in total. The summed E-state index contributed by atoms with van der Waals surface area (Å²) in [5, 5.41) is 0. The second-order valence-electron chi connectivity index (χ2n) is 0.167. The normalized spacial score (nSPS) is 2.67. The van der Waals surface area contributed by atoms with Crippen molar-refractivity contribution >= 4 is 54.5 Å². The molecular weight excluding hydrogens is 272 g/mol. The van der Waals surface area contributed by atoms with Gasteiger partial charge in [0.25, 0.3) is 0 Å². The standard InChI is InChI=1S/2FH.2GeO2.Mg/c;;2*2-1-3;/h2*1H;;;/q;;2*-1;+2. The predicted molar refractivity (Wildman–Crippen MR) is 23.6 cm³/mol. The molecule has 0 unspecified atom stereocenters. The Morgan fingerprint density at radius 1 is 0.889 bits per heavy atom. The van der Waals surface area contributed by atoms with Crippen LogP contribution in [0.4, 0.5) is 9.41 Å². The first-order valence-corrected chi connectivity index (χ1v) is 4.24. The molecule has 50 valence electrons. The predicted octanol–water partition coefficient (Wildman–Crippen LogP) is -3.45. The van der Waals surface area contributed by atoms with Gasteiger partial charge in [-0.15, -0.1) is 0 Å². The second-order valence-corrected chi connectivity index (χ2v) is 0.866. The molecule has 0 aromatic carbocycles. The summed E-state index contributed by atoms with van der Waals surface area (Å²) >= 11 is -4.00. The molecule has 0 saturated carbocycles. The van der Waals surface area contributed by atoms with Crippen molar-refractivity contribution in [1.82, 2.24) is 0 Å². The molecule has 0 aromatic heterocycles. The first-order valence-electron chi connectivity index (χ1n) is 0.816. The van der Waals surface area contributed by atoms with Gasteiger partial charge in [-0.3, -0.25) is 9.41 Å². The molecular formula is H2F2Ge2MgO4. The number of rotatable bonds is 0. The minimum atomic E-state index is -2.00. The van der Waals surface area contributed by atoms with Gasteiger partial charge in [0.2, 0.25) is 0 Å². The fraction of sp³-hybridized carbons (Fsp3) is 0. The van der Waals surface area contributed by atoms with Gasteiger partial charge < -0.3 is 0 Å². The van der Waals surface area contributed by atoms with Crippen molar-refractivity contribution in [1.29, 1.82) is 0 Å². The van der Waals surface area contributed by atoms with Crippen molar-refractivity contribution in [3.63, 3.8) is 0 Å². The van der Waals surface area contributed by atoms with E-state index in [0.29, 0.717) is 0 Å². The zero-order valence-electron chi connectivity index (χ0n) is 4.16. The Hall–Kier alpha value is 0.912. The third-order valence-corrected chi connectivity index (χ3v) is 0. The Bertz CT molecular complexity index is 37.5. The molecule has 0 amide bonds. The molecule has 0 spiro atoms. The SMILES string of the molecule is F.F.[Mg+2].[O]=[Ge][O-].[O]=[Ge][O-]. The molecule has 0 fully saturated rings. The van der Waals surface area contributed by atoms with Crippen molar-refractivity contribution in [2.45, 2.75) is 0 Å². The summed E-state index contributed by atoms with van der Waals surface area (Å²) in [6.45, 7) is 0. The van der Waals surface area contributed by atoms with Crippen LogP contribution in [0.5, 0.6) is 0 Å². The van der Waals surface area contributed by atoms with Crippen molar-refractivity contribution in [2.24, 2.45) is 0 Å². The Morgan fingerprint density at radius 2 is 0.889 bits per heavy atom. The third kappa shape index (κ3) is 512. The Morgan fingerprint density at radius 3 is 0.889 bits per heavy atom. The van der Waals surface area contributed by atoms with E-state index in [0.717, 1.165) is 0 Å². The fourth-order valence-corrected chi connectivity index (χ4v) is 0. The monoisotopic (exact) mass is 276 g/mol.